The van der Waals surface area contributed by atoms with E-state index in [0.717, 1.165) is 0 Å². The smallest absolute Gasteiger partial charge is 0.309 e. The van der Waals surface area contributed by atoms with E-state index >= 15 is 0 Å². The average Bonchev–Trinajstić information content (AvgIpc) is 2.52. The van der Waals surface area contributed by atoms with E-state index in [1.165, 1.54) is 34.3 Å². The van der Waals surface area contributed by atoms with E-state index < -0.39 is 29.5 Å². The van der Waals surface area contributed by atoms with Crippen LogP contribution in [0.1, 0.15) is 13.3 Å². The van der Waals surface area contributed by atoms with Gasteiger partial charge >= 0.3 is 5.97 Å². The zero-order valence-electron chi connectivity index (χ0n) is 13.1. The number of methoxy groups -OCH3 is 3. The first kappa shape index (κ1) is 16.6. The Kier molecular flexibility index (Phi) is 4.63. The molecule has 0 radical (unpaired) electrons. The quantitative estimate of drug-likeness (QED) is 0.429. The van der Waals surface area contributed by atoms with Crippen LogP contribution in [0.3, 0.4) is 0 Å². The van der Waals surface area contributed by atoms with Gasteiger partial charge in [0.05, 0.1) is 18.9 Å². The van der Waals surface area contributed by atoms with Crippen LogP contribution in [-0.4, -0.2) is 44.7 Å². The van der Waals surface area contributed by atoms with Crippen molar-refractivity contribution in [2.24, 2.45) is 17.8 Å². The zero-order valence-corrected chi connectivity index (χ0v) is 13.1. The minimum Gasteiger partial charge on any atom is -0.469 e. The van der Waals surface area contributed by atoms with Crippen LogP contribution in [0.5, 0.6) is 0 Å². The number of carbonyl (C=O) groups is 3. The van der Waals surface area contributed by atoms with Gasteiger partial charge in [-0.25, -0.2) is 0 Å². The topological polar surface area (TPSA) is 78.9 Å². The van der Waals surface area contributed by atoms with Crippen LogP contribution in [0.25, 0.3) is 0 Å². The largest absolute Gasteiger partial charge is 0.469 e. The van der Waals surface area contributed by atoms with Crippen LogP contribution in [0.2, 0.25) is 0 Å². The van der Waals surface area contributed by atoms with Gasteiger partial charge in [-0.15, -0.1) is 0 Å². The van der Waals surface area contributed by atoms with E-state index in [-0.39, 0.29) is 11.6 Å². The number of fused-ring (bicyclic) bond motifs is 2. The molecular formula is C16H20O6. The highest BCUT2D eigenvalue weighted by molar-refractivity contribution is 5.98. The number of rotatable bonds is 5. The number of Topliss-reactive ketones (excluding diaryl/α,β-unsaturated/α-hetero) is 1. The Morgan fingerprint density at radius 3 is 2.36 bits per heavy atom. The number of hydrogen-bond acceptors (Lipinski definition) is 6. The third kappa shape index (κ3) is 2.42. The first-order valence-electron chi connectivity index (χ1n) is 7.04. The molecule has 0 heterocycles. The minimum atomic E-state index is -1.37. The molecule has 0 spiro atoms. The molecule has 6 heteroatoms. The molecule has 3 unspecified atom stereocenters. The van der Waals surface area contributed by atoms with Crippen LogP contribution in [0, 0.1) is 17.8 Å². The second-order valence-electron chi connectivity index (χ2n) is 5.50. The van der Waals surface area contributed by atoms with Gasteiger partial charge in [-0.2, -0.15) is 0 Å². The zero-order chi connectivity index (χ0) is 16.5. The van der Waals surface area contributed by atoms with Crippen molar-refractivity contribution >= 4 is 17.5 Å². The van der Waals surface area contributed by atoms with Crippen molar-refractivity contribution < 1.29 is 28.6 Å². The van der Waals surface area contributed by atoms with Gasteiger partial charge in [0, 0.05) is 20.1 Å². The van der Waals surface area contributed by atoms with Crippen LogP contribution in [0.15, 0.2) is 23.8 Å². The summed E-state index contributed by atoms with van der Waals surface area (Å²) in [5.41, 5.74) is 0.636. The summed E-state index contributed by atoms with van der Waals surface area (Å²) in [6.07, 6.45) is 5.22. The monoisotopic (exact) mass is 308 g/mol. The Bertz CT molecular complexity index is 555. The lowest BCUT2D eigenvalue weighted by atomic mass is 9.61. The van der Waals surface area contributed by atoms with Gasteiger partial charge in [0.25, 0.3) is 0 Å². The van der Waals surface area contributed by atoms with E-state index in [0.29, 0.717) is 12.0 Å². The number of hydrogen-bond donors (Lipinski definition) is 0. The summed E-state index contributed by atoms with van der Waals surface area (Å²) in [6.45, 7) is 1.42. The van der Waals surface area contributed by atoms with Gasteiger partial charge in [-0.1, -0.05) is 12.2 Å². The Labute approximate surface area is 129 Å². The standard InChI is InChI=1S/C16H20O6/c1-9(17)5-6-10-7-11-8-12(15(19)20-2)13(10)14(18)16(11,21-3)22-4/h5-7,11-13H,8H2,1-4H3/b6-5+. The molecule has 1 fully saturated rings. The second kappa shape index (κ2) is 6.14. The van der Waals surface area contributed by atoms with Gasteiger partial charge in [0.1, 0.15) is 0 Å². The number of ether oxygens (including phenoxy) is 3. The fourth-order valence-electron chi connectivity index (χ4n) is 3.39. The lowest BCUT2D eigenvalue weighted by Crippen LogP contribution is -2.61. The van der Waals surface area contributed by atoms with Gasteiger partial charge in [-0.05, 0) is 25.0 Å². The summed E-state index contributed by atoms with van der Waals surface area (Å²) in [7, 11) is 4.12. The number of ketones is 2. The second-order valence-corrected chi connectivity index (χ2v) is 5.50. The van der Waals surface area contributed by atoms with Gasteiger partial charge in [0.2, 0.25) is 11.6 Å². The molecule has 0 aromatic heterocycles. The van der Waals surface area contributed by atoms with Gasteiger partial charge < -0.3 is 14.2 Å². The van der Waals surface area contributed by atoms with Crippen molar-refractivity contribution in [1.82, 2.24) is 0 Å². The third-order valence-corrected chi connectivity index (χ3v) is 4.40. The molecule has 3 aliphatic rings. The molecule has 0 saturated heterocycles. The molecule has 22 heavy (non-hydrogen) atoms. The average molecular weight is 308 g/mol. The molecule has 0 N–H and O–H groups in total. The Balaban J connectivity index is 2.48. The molecule has 3 rings (SSSR count). The molecule has 1 saturated carbocycles. The van der Waals surface area contributed by atoms with E-state index in [9.17, 15) is 14.4 Å². The summed E-state index contributed by atoms with van der Waals surface area (Å²) in [5, 5.41) is 0. The first-order chi connectivity index (χ1) is 10.4. The normalized spacial score (nSPS) is 29.5. The molecule has 0 amide bonds. The molecule has 3 atom stereocenters. The summed E-state index contributed by atoms with van der Waals surface area (Å²) in [5.74, 6) is -3.97. The minimum absolute atomic E-state index is 0.130. The maximum atomic E-state index is 12.8. The fourth-order valence-corrected chi connectivity index (χ4v) is 3.39. The molecule has 0 aromatic carbocycles. The van der Waals surface area contributed by atoms with Crippen LogP contribution < -0.4 is 0 Å². The molecule has 3 aliphatic carbocycles. The van der Waals surface area contributed by atoms with E-state index in [4.69, 9.17) is 14.2 Å². The summed E-state index contributed by atoms with van der Waals surface area (Å²) in [6, 6.07) is 0. The molecule has 0 aromatic rings. The van der Waals surface area contributed by atoms with Gasteiger partial charge in [0.15, 0.2) is 5.78 Å². The lowest BCUT2D eigenvalue weighted by Gasteiger charge is -2.48. The lowest BCUT2D eigenvalue weighted by molar-refractivity contribution is -0.241. The highest BCUT2D eigenvalue weighted by Gasteiger charge is 2.60. The van der Waals surface area contributed by atoms with Crippen molar-refractivity contribution in [3.05, 3.63) is 23.8 Å². The van der Waals surface area contributed by atoms with Crippen molar-refractivity contribution in [3.63, 3.8) is 0 Å². The Hall–Kier alpha value is -1.79. The van der Waals surface area contributed by atoms with Crippen LogP contribution in [0.4, 0.5) is 0 Å². The fraction of sp³-hybridized carbons (Fsp3) is 0.562. The first-order valence-corrected chi connectivity index (χ1v) is 7.04. The molecular weight excluding hydrogens is 288 g/mol. The van der Waals surface area contributed by atoms with Crippen LogP contribution >= 0.6 is 0 Å². The maximum absolute atomic E-state index is 12.8. The van der Waals surface area contributed by atoms with Crippen LogP contribution in [-0.2, 0) is 28.6 Å². The van der Waals surface area contributed by atoms with E-state index in [1.807, 2.05) is 6.08 Å². The van der Waals surface area contributed by atoms with E-state index in [2.05, 4.69) is 0 Å². The number of carbonyl (C=O) groups excluding carboxylic acids is 3. The predicted molar refractivity (Wildman–Crippen MR) is 76.8 cm³/mol. The predicted octanol–water partition coefficient (Wildman–Crippen LogP) is 1.06. The Morgan fingerprint density at radius 1 is 1.27 bits per heavy atom. The SMILES string of the molecule is COC(=O)C1CC2C=C(/C=C/C(C)=O)C1C(=O)C2(OC)OC. The number of allylic oxidation sites excluding steroid dienone is 3. The highest BCUT2D eigenvalue weighted by Crippen LogP contribution is 2.49. The third-order valence-electron chi connectivity index (χ3n) is 4.40. The number of esters is 1. The van der Waals surface area contributed by atoms with Crippen molar-refractivity contribution in [2.45, 2.75) is 19.1 Å². The maximum Gasteiger partial charge on any atom is 0.309 e. The van der Waals surface area contributed by atoms with Gasteiger partial charge in [-0.3, -0.25) is 14.4 Å². The molecule has 6 nitrogen and oxygen atoms in total. The summed E-state index contributed by atoms with van der Waals surface area (Å²) >= 11 is 0. The van der Waals surface area contributed by atoms with Crippen molar-refractivity contribution in [1.29, 1.82) is 0 Å². The van der Waals surface area contributed by atoms with E-state index in [1.54, 1.807) is 6.08 Å². The molecule has 120 valence electrons. The van der Waals surface area contributed by atoms with Crippen molar-refractivity contribution in [3.8, 4) is 0 Å². The molecule has 2 bridgehead atoms. The summed E-state index contributed by atoms with van der Waals surface area (Å²) in [4.78, 5) is 36.0. The Morgan fingerprint density at radius 2 is 1.91 bits per heavy atom. The highest BCUT2D eigenvalue weighted by atomic mass is 16.7. The summed E-state index contributed by atoms with van der Waals surface area (Å²) < 4.78 is 15.5. The van der Waals surface area contributed by atoms with Crippen molar-refractivity contribution in [2.75, 3.05) is 21.3 Å². The molecule has 0 aliphatic heterocycles.